The number of benzene rings is 1. The average Bonchev–Trinajstić information content (AvgIpc) is 3.16. The van der Waals surface area contributed by atoms with Crippen LogP contribution < -0.4 is 5.32 Å². The Morgan fingerprint density at radius 3 is 2.68 bits per heavy atom. The van der Waals surface area contributed by atoms with Gasteiger partial charge in [-0.25, -0.2) is 13.4 Å². The topological polar surface area (TPSA) is 110 Å². The number of anilines is 1. The Kier molecular flexibility index (Phi) is 6.26. The van der Waals surface area contributed by atoms with Crippen LogP contribution in [0.15, 0.2) is 40.4 Å². The lowest BCUT2D eigenvalue weighted by Crippen LogP contribution is -2.35. The highest BCUT2D eigenvalue weighted by molar-refractivity contribution is 7.99. The van der Waals surface area contributed by atoms with Crippen molar-refractivity contribution in [3.63, 3.8) is 0 Å². The van der Waals surface area contributed by atoms with Crippen LogP contribution in [0.5, 0.6) is 0 Å². The molecule has 0 radical (unpaired) electrons. The van der Waals surface area contributed by atoms with Crippen LogP contribution >= 0.6 is 11.8 Å². The van der Waals surface area contributed by atoms with Crippen molar-refractivity contribution in [1.82, 2.24) is 23.9 Å². The Labute approximate surface area is 185 Å². The Morgan fingerprint density at radius 1 is 1.13 bits per heavy atom. The fourth-order valence-corrected chi connectivity index (χ4v) is 5.96. The molecule has 0 unspecified atom stereocenters. The van der Waals surface area contributed by atoms with E-state index in [2.05, 4.69) is 20.5 Å². The number of nitrogens with one attached hydrogen (secondary N) is 1. The van der Waals surface area contributed by atoms with Gasteiger partial charge in [-0.3, -0.25) is 9.20 Å². The number of nitrogens with zero attached hydrogens (tertiary/aromatic N) is 5. The predicted octanol–water partition coefficient (Wildman–Crippen LogP) is 2.65. The van der Waals surface area contributed by atoms with Crippen molar-refractivity contribution in [2.75, 3.05) is 24.2 Å². The minimum absolute atomic E-state index is 0.108. The molecule has 1 N–H and O–H groups in total. The summed E-state index contributed by atoms with van der Waals surface area (Å²) in [7, 11) is -3.55. The number of amides is 1. The number of carbonyl (C=O) groups is 1. The minimum Gasteiger partial charge on any atom is -0.325 e. The minimum atomic E-state index is -3.55. The lowest BCUT2D eigenvalue weighted by molar-refractivity contribution is -0.113. The Hall–Kier alpha value is -2.50. The molecule has 1 amide bonds. The average molecular weight is 461 g/mol. The Bertz CT molecular complexity index is 1220. The Balaban J connectivity index is 1.43. The van der Waals surface area contributed by atoms with E-state index >= 15 is 0 Å². The molecule has 1 aliphatic rings. The molecule has 0 aliphatic carbocycles. The molecule has 0 spiro atoms. The fourth-order valence-electron chi connectivity index (χ4n) is 3.61. The summed E-state index contributed by atoms with van der Waals surface area (Å²) in [4.78, 5) is 17.0. The summed E-state index contributed by atoms with van der Waals surface area (Å²) < 4.78 is 29.1. The maximum atomic E-state index is 12.9. The third-order valence-corrected chi connectivity index (χ3v) is 7.89. The molecule has 11 heteroatoms. The number of hydrogen-bond acceptors (Lipinski definition) is 7. The number of sulfonamides is 1. The van der Waals surface area contributed by atoms with Crippen LogP contribution in [-0.4, -0.2) is 57.1 Å². The van der Waals surface area contributed by atoms with Crippen LogP contribution in [0.25, 0.3) is 5.78 Å². The first-order valence-corrected chi connectivity index (χ1v) is 12.5. The van der Waals surface area contributed by atoms with Gasteiger partial charge in [0.15, 0.2) is 5.16 Å². The zero-order chi connectivity index (χ0) is 22.0. The van der Waals surface area contributed by atoms with Gasteiger partial charge in [0.25, 0.3) is 5.78 Å². The molecular weight excluding hydrogens is 436 g/mol. The van der Waals surface area contributed by atoms with E-state index in [1.165, 1.54) is 22.1 Å². The van der Waals surface area contributed by atoms with Gasteiger partial charge in [0, 0.05) is 30.2 Å². The molecule has 1 aliphatic heterocycles. The van der Waals surface area contributed by atoms with E-state index in [1.54, 1.807) is 22.6 Å². The standard InChI is InChI=1S/C20H24N6O3S2/c1-14-11-15(2)26-19(21-14)23-24-20(26)30-13-18(27)22-16-7-6-8-17(12-16)31(28,29)25-9-4-3-5-10-25/h6-8,11-12H,3-5,9-10,13H2,1-2H3,(H,22,27). The zero-order valence-corrected chi connectivity index (χ0v) is 19.0. The molecule has 1 fully saturated rings. The number of thioether (sulfide) groups is 1. The summed E-state index contributed by atoms with van der Waals surface area (Å²) >= 11 is 1.25. The zero-order valence-electron chi connectivity index (χ0n) is 17.4. The number of aromatic nitrogens is 4. The number of rotatable bonds is 6. The number of hydrogen-bond donors (Lipinski definition) is 1. The summed E-state index contributed by atoms with van der Waals surface area (Å²) in [6.07, 6.45) is 2.80. The van der Waals surface area contributed by atoms with Crippen molar-refractivity contribution in [2.24, 2.45) is 0 Å². The molecular formula is C20H24N6O3S2. The normalized spacial score (nSPS) is 15.3. The van der Waals surface area contributed by atoms with Gasteiger partial charge >= 0.3 is 0 Å². The highest BCUT2D eigenvalue weighted by Gasteiger charge is 2.26. The molecule has 3 heterocycles. The van der Waals surface area contributed by atoms with E-state index in [4.69, 9.17) is 0 Å². The number of piperidine rings is 1. The highest BCUT2D eigenvalue weighted by atomic mass is 32.2. The highest BCUT2D eigenvalue weighted by Crippen LogP contribution is 2.23. The first-order valence-electron chi connectivity index (χ1n) is 10.1. The third-order valence-electron chi connectivity index (χ3n) is 5.07. The lowest BCUT2D eigenvalue weighted by atomic mass is 10.2. The predicted molar refractivity (Wildman–Crippen MR) is 119 cm³/mol. The Morgan fingerprint density at radius 2 is 1.90 bits per heavy atom. The molecule has 4 rings (SSSR count). The maximum Gasteiger partial charge on any atom is 0.256 e. The quantitative estimate of drug-likeness (QED) is 0.563. The molecule has 1 saturated heterocycles. The second-order valence-electron chi connectivity index (χ2n) is 7.49. The molecule has 1 aromatic carbocycles. The van der Waals surface area contributed by atoms with Gasteiger partial charge in [-0.2, -0.15) is 4.31 Å². The smallest absolute Gasteiger partial charge is 0.256 e. The largest absolute Gasteiger partial charge is 0.325 e. The van der Waals surface area contributed by atoms with Crippen molar-refractivity contribution in [3.05, 3.63) is 41.7 Å². The molecule has 3 aromatic rings. The first-order chi connectivity index (χ1) is 14.8. The van der Waals surface area contributed by atoms with E-state index in [0.29, 0.717) is 29.7 Å². The van der Waals surface area contributed by atoms with Gasteiger partial charge in [0.2, 0.25) is 15.9 Å². The van der Waals surface area contributed by atoms with Crippen molar-refractivity contribution < 1.29 is 13.2 Å². The van der Waals surface area contributed by atoms with Crippen molar-refractivity contribution in [3.8, 4) is 0 Å². The van der Waals surface area contributed by atoms with E-state index in [-0.39, 0.29) is 16.6 Å². The van der Waals surface area contributed by atoms with Crippen LogP contribution in [0, 0.1) is 13.8 Å². The van der Waals surface area contributed by atoms with E-state index in [1.807, 2.05) is 19.9 Å². The SMILES string of the molecule is Cc1cc(C)n2c(SCC(=O)Nc3cccc(S(=O)(=O)N4CCCCC4)c3)nnc2n1. The summed E-state index contributed by atoms with van der Waals surface area (Å²) in [5, 5.41) is 11.5. The van der Waals surface area contributed by atoms with Crippen molar-refractivity contribution in [1.29, 1.82) is 0 Å². The second kappa shape index (κ2) is 8.93. The summed E-state index contributed by atoms with van der Waals surface area (Å²) in [5.41, 5.74) is 2.24. The van der Waals surface area contributed by atoms with Gasteiger partial charge < -0.3 is 5.32 Å². The molecule has 0 atom stereocenters. The molecule has 2 aromatic heterocycles. The maximum absolute atomic E-state index is 12.9. The van der Waals surface area contributed by atoms with Gasteiger partial charge in [-0.1, -0.05) is 24.2 Å². The number of aryl methyl sites for hydroxylation is 2. The molecule has 9 nitrogen and oxygen atoms in total. The van der Waals surface area contributed by atoms with Crippen molar-refractivity contribution in [2.45, 2.75) is 43.2 Å². The fraction of sp³-hybridized carbons (Fsp3) is 0.400. The molecule has 0 bridgehead atoms. The number of fused-ring (bicyclic) bond motifs is 1. The molecule has 31 heavy (non-hydrogen) atoms. The first kappa shape index (κ1) is 21.7. The summed E-state index contributed by atoms with van der Waals surface area (Å²) in [5.74, 6) is 0.347. The van der Waals surface area contributed by atoms with Crippen molar-refractivity contribution >= 4 is 39.2 Å². The van der Waals surface area contributed by atoms with Gasteiger partial charge in [-0.05, 0) is 51.0 Å². The lowest BCUT2D eigenvalue weighted by Gasteiger charge is -2.26. The summed E-state index contributed by atoms with van der Waals surface area (Å²) in [6.45, 7) is 4.90. The van der Waals surface area contributed by atoms with Crippen LogP contribution in [0.2, 0.25) is 0 Å². The summed E-state index contributed by atoms with van der Waals surface area (Å²) in [6, 6.07) is 8.32. The van der Waals surface area contributed by atoms with Gasteiger partial charge in [0.05, 0.1) is 10.6 Å². The van der Waals surface area contributed by atoms with Crippen LogP contribution in [0.4, 0.5) is 5.69 Å². The van der Waals surface area contributed by atoms with E-state index in [0.717, 1.165) is 30.7 Å². The molecule has 0 saturated carbocycles. The van der Waals surface area contributed by atoms with E-state index < -0.39 is 10.0 Å². The third kappa shape index (κ3) is 4.73. The van der Waals surface area contributed by atoms with Gasteiger partial charge in [-0.15, -0.1) is 10.2 Å². The second-order valence-corrected chi connectivity index (χ2v) is 10.4. The van der Waals surface area contributed by atoms with Gasteiger partial charge in [0.1, 0.15) is 0 Å². The van der Waals surface area contributed by atoms with E-state index in [9.17, 15) is 13.2 Å². The van der Waals surface area contributed by atoms with Crippen LogP contribution in [0.3, 0.4) is 0 Å². The molecule has 164 valence electrons. The van der Waals surface area contributed by atoms with Crippen LogP contribution in [0.1, 0.15) is 30.7 Å². The monoisotopic (exact) mass is 460 g/mol. The van der Waals surface area contributed by atoms with Crippen LogP contribution in [-0.2, 0) is 14.8 Å². The number of carbonyl (C=O) groups excluding carboxylic acids is 1.